The molecule has 0 saturated heterocycles. The molecule has 0 fully saturated rings. The molecular weight excluding hydrogens is 430 g/mol. The molecule has 1 aliphatic rings. The van der Waals surface area contributed by atoms with Crippen LogP contribution < -0.4 is 26.1 Å². The van der Waals surface area contributed by atoms with Crippen molar-refractivity contribution in [2.75, 3.05) is 50.7 Å². The van der Waals surface area contributed by atoms with Crippen LogP contribution in [0.4, 0.5) is 11.8 Å². The largest absolute Gasteiger partial charge is 0.487 e. The summed E-state index contributed by atoms with van der Waals surface area (Å²) in [6, 6.07) is 5.09. The van der Waals surface area contributed by atoms with Crippen LogP contribution in [0, 0.1) is 0 Å². The molecular formula is C22H25N5O6. The molecule has 1 amide bonds. The van der Waals surface area contributed by atoms with Crippen molar-refractivity contribution in [2.24, 2.45) is 0 Å². The topological polar surface area (TPSA) is 140 Å². The second-order valence-corrected chi connectivity index (χ2v) is 7.14. The molecule has 1 aromatic carbocycles. The molecule has 3 N–H and O–H groups in total. The van der Waals surface area contributed by atoms with E-state index in [1.165, 1.54) is 17.0 Å². The van der Waals surface area contributed by atoms with Crippen LogP contribution in [0.1, 0.15) is 17.3 Å². The number of nitrogen functional groups attached to an aromatic ring is 1. The number of hydrogen-bond acceptors (Lipinski definition) is 9. The Morgan fingerprint density at radius 2 is 1.70 bits per heavy atom. The van der Waals surface area contributed by atoms with E-state index < -0.39 is 5.91 Å². The van der Waals surface area contributed by atoms with E-state index in [9.17, 15) is 9.59 Å². The molecule has 33 heavy (non-hydrogen) atoms. The Morgan fingerprint density at radius 1 is 1.03 bits per heavy atom. The van der Waals surface area contributed by atoms with Gasteiger partial charge in [-0.1, -0.05) is 0 Å². The average molecular weight is 455 g/mol. The summed E-state index contributed by atoms with van der Waals surface area (Å²) in [4.78, 5) is 33.7. The number of hydrogen-bond donors (Lipinski definition) is 2. The van der Waals surface area contributed by atoms with Crippen LogP contribution >= 0.6 is 0 Å². The number of fused-ring (bicyclic) bond motifs is 3. The predicted octanol–water partition coefficient (Wildman–Crippen LogP) is 1.45. The van der Waals surface area contributed by atoms with E-state index in [-0.39, 0.29) is 23.7 Å². The van der Waals surface area contributed by atoms with Crippen LogP contribution in [0.25, 0.3) is 10.8 Å². The van der Waals surface area contributed by atoms with Gasteiger partial charge in [-0.15, -0.1) is 0 Å². The summed E-state index contributed by atoms with van der Waals surface area (Å²) in [6.07, 6.45) is 2.64. The van der Waals surface area contributed by atoms with Crippen molar-refractivity contribution in [1.82, 2.24) is 14.5 Å². The van der Waals surface area contributed by atoms with E-state index in [2.05, 4.69) is 15.3 Å². The molecule has 3 aromatic rings. The number of nitrogens with two attached hydrogens (primary N) is 1. The van der Waals surface area contributed by atoms with Gasteiger partial charge in [0.05, 0.1) is 37.4 Å². The summed E-state index contributed by atoms with van der Waals surface area (Å²) in [7, 11) is 0. The lowest BCUT2D eigenvalue weighted by atomic mass is 10.1. The Kier molecular flexibility index (Phi) is 7.01. The average Bonchev–Trinajstić information content (AvgIpc) is 2.80. The SMILES string of the molecule is CCn1c(NC(=O)c2cnc(N)nc2)cc2c3c(ccc2c1=O)OCCOCCOCCO3. The summed E-state index contributed by atoms with van der Waals surface area (Å²) >= 11 is 0. The number of ether oxygens (including phenoxy) is 4. The number of carbonyl (C=O) groups excluding carboxylic acids is 1. The van der Waals surface area contributed by atoms with Gasteiger partial charge in [0.1, 0.15) is 19.0 Å². The standard InChI is InChI=1S/C22H25N5O6/c1-2-27-18(26-20(28)14-12-24-22(23)25-13-14)11-16-15(21(27)29)3-4-17-19(16)33-10-8-31-6-5-30-7-9-32-17/h3-4,11-13H,2,5-10H2,1H3,(H,26,28)(H2,23,24,25). The second-order valence-electron chi connectivity index (χ2n) is 7.14. The van der Waals surface area contributed by atoms with Crippen LogP contribution in [-0.2, 0) is 16.0 Å². The number of pyridine rings is 1. The summed E-state index contributed by atoms with van der Waals surface area (Å²) in [6.45, 7) is 4.42. The maximum absolute atomic E-state index is 13.2. The number of benzene rings is 1. The van der Waals surface area contributed by atoms with E-state index in [0.29, 0.717) is 67.7 Å². The molecule has 11 heteroatoms. The maximum atomic E-state index is 13.2. The minimum Gasteiger partial charge on any atom is -0.487 e. The first-order chi connectivity index (χ1) is 16.1. The Bertz CT molecular complexity index is 1190. The van der Waals surface area contributed by atoms with Crippen molar-refractivity contribution in [3.8, 4) is 11.5 Å². The number of amides is 1. The molecule has 0 atom stereocenters. The van der Waals surface area contributed by atoms with Crippen LogP contribution in [0.5, 0.6) is 11.5 Å². The van der Waals surface area contributed by atoms with Crippen molar-refractivity contribution in [3.05, 3.63) is 46.5 Å². The number of anilines is 2. The highest BCUT2D eigenvalue weighted by molar-refractivity contribution is 6.04. The van der Waals surface area contributed by atoms with Gasteiger partial charge in [0.15, 0.2) is 11.5 Å². The smallest absolute Gasteiger partial charge is 0.260 e. The fraction of sp³-hybridized carbons (Fsp3) is 0.364. The van der Waals surface area contributed by atoms with Crippen molar-refractivity contribution < 1.29 is 23.7 Å². The van der Waals surface area contributed by atoms with Gasteiger partial charge in [-0.2, -0.15) is 0 Å². The van der Waals surface area contributed by atoms with Gasteiger partial charge in [0, 0.05) is 24.3 Å². The summed E-state index contributed by atoms with van der Waals surface area (Å²) in [5.41, 5.74) is 5.43. The Labute approximate surface area is 189 Å². The van der Waals surface area contributed by atoms with Gasteiger partial charge in [-0.3, -0.25) is 14.2 Å². The van der Waals surface area contributed by atoms with E-state index in [0.717, 1.165) is 0 Å². The Morgan fingerprint density at radius 3 is 2.39 bits per heavy atom. The lowest BCUT2D eigenvalue weighted by molar-refractivity contribution is 0.0226. The minimum atomic E-state index is -0.474. The molecule has 174 valence electrons. The molecule has 3 heterocycles. The van der Waals surface area contributed by atoms with Crippen LogP contribution in [0.15, 0.2) is 35.4 Å². The van der Waals surface area contributed by atoms with Crippen molar-refractivity contribution in [3.63, 3.8) is 0 Å². The van der Waals surface area contributed by atoms with Crippen molar-refractivity contribution >= 4 is 28.4 Å². The van der Waals surface area contributed by atoms with Gasteiger partial charge in [0.2, 0.25) is 5.95 Å². The number of nitrogens with zero attached hydrogens (tertiary/aromatic N) is 3. The first kappa shape index (κ1) is 22.5. The molecule has 0 aliphatic carbocycles. The number of rotatable bonds is 3. The quantitative estimate of drug-likeness (QED) is 0.600. The number of carbonyl (C=O) groups is 1. The fourth-order valence-electron chi connectivity index (χ4n) is 3.44. The maximum Gasteiger partial charge on any atom is 0.260 e. The lowest BCUT2D eigenvalue weighted by Gasteiger charge is -2.19. The normalized spacial score (nSPS) is 14.8. The Hall–Kier alpha value is -3.70. The predicted molar refractivity (Wildman–Crippen MR) is 121 cm³/mol. The second kappa shape index (κ2) is 10.3. The van der Waals surface area contributed by atoms with Gasteiger partial charge in [0.25, 0.3) is 11.5 Å². The van der Waals surface area contributed by atoms with Gasteiger partial charge in [-0.25, -0.2) is 9.97 Å². The molecule has 4 rings (SSSR count). The van der Waals surface area contributed by atoms with E-state index in [4.69, 9.17) is 24.7 Å². The molecule has 1 aliphatic heterocycles. The third-order valence-corrected chi connectivity index (χ3v) is 5.03. The van der Waals surface area contributed by atoms with Crippen LogP contribution in [-0.4, -0.2) is 60.1 Å². The van der Waals surface area contributed by atoms with E-state index in [1.54, 1.807) is 18.2 Å². The molecule has 11 nitrogen and oxygen atoms in total. The third-order valence-electron chi connectivity index (χ3n) is 5.03. The first-order valence-corrected chi connectivity index (χ1v) is 10.6. The molecule has 0 unspecified atom stereocenters. The van der Waals surface area contributed by atoms with Crippen molar-refractivity contribution in [2.45, 2.75) is 13.5 Å². The highest BCUT2D eigenvalue weighted by Crippen LogP contribution is 2.36. The lowest BCUT2D eigenvalue weighted by Crippen LogP contribution is -2.25. The monoisotopic (exact) mass is 455 g/mol. The number of aromatic nitrogens is 3. The minimum absolute atomic E-state index is 0.0612. The third kappa shape index (κ3) is 5.04. The molecule has 0 bridgehead atoms. The zero-order valence-electron chi connectivity index (χ0n) is 18.2. The molecule has 2 aromatic heterocycles. The van der Waals surface area contributed by atoms with Crippen LogP contribution in [0.3, 0.4) is 0 Å². The Balaban J connectivity index is 1.76. The van der Waals surface area contributed by atoms with Gasteiger partial charge in [-0.05, 0) is 25.1 Å². The van der Waals surface area contributed by atoms with E-state index in [1.807, 2.05) is 6.92 Å². The molecule has 0 saturated carbocycles. The van der Waals surface area contributed by atoms with Crippen molar-refractivity contribution in [1.29, 1.82) is 0 Å². The van der Waals surface area contributed by atoms with Crippen LogP contribution in [0.2, 0.25) is 0 Å². The van der Waals surface area contributed by atoms with Gasteiger partial charge < -0.3 is 30.0 Å². The summed E-state index contributed by atoms with van der Waals surface area (Å²) in [5.74, 6) is 0.775. The highest BCUT2D eigenvalue weighted by atomic mass is 16.6. The summed E-state index contributed by atoms with van der Waals surface area (Å²) in [5, 5.41) is 3.73. The van der Waals surface area contributed by atoms with Gasteiger partial charge >= 0.3 is 0 Å². The zero-order chi connectivity index (χ0) is 23.2. The number of nitrogens with one attached hydrogen (secondary N) is 1. The highest BCUT2D eigenvalue weighted by Gasteiger charge is 2.18. The summed E-state index contributed by atoms with van der Waals surface area (Å²) < 4.78 is 24.2. The molecule has 0 spiro atoms. The molecule has 0 radical (unpaired) electrons. The first-order valence-electron chi connectivity index (χ1n) is 10.6. The zero-order valence-corrected chi connectivity index (χ0v) is 18.2. The fourth-order valence-corrected chi connectivity index (χ4v) is 3.44. The van der Waals surface area contributed by atoms with E-state index >= 15 is 0 Å².